The summed E-state index contributed by atoms with van der Waals surface area (Å²) in [6, 6.07) is 2.11. The highest BCUT2D eigenvalue weighted by Crippen LogP contribution is 2.33. The van der Waals surface area contributed by atoms with E-state index in [2.05, 4.69) is 15.6 Å². The third-order valence-corrected chi connectivity index (χ3v) is 4.11. The fourth-order valence-electron chi connectivity index (χ4n) is 3.03. The van der Waals surface area contributed by atoms with Gasteiger partial charge in [-0.3, -0.25) is 4.79 Å². The number of anilines is 2. The largest absolute Gasteiger partial charge is 0.464 e. The number of ether oxygens (including phenoxy) is 2. The summed E-state index contributed by atoms with van der Waals surface area (Å²) >= 11 is 0. The first-order valence-corrected chi connectivity index (χ1v) is 9.44. The van der Waals surface area contributed by atoms with Crippen molar-refractivity contribution < 1.29 is 19.1 Å². The number of carbonyl (C=O) groups excluding carboxylic acids is 2. The Labute approximate surface area is 165 Å². The monoisotopic (exact) mass is 390 g/mol. The highest BCUT2D eigenvalue weighted by molar-refractivity contribution is 6.11. The quantitative estimate of drug-likeness (QED) is 0.638. The second-order valence-electron chi connectivity index (χ2n) is 7.40. The molecule has 2 rings (SSSR count). The minimum absolute atomic E-state index is 0.159. The molecule has 2 heterocycles. The van der Waals surface area contributed by atoms with Gasteiger partial charge in [-0.25, -0.2) is 9.78 Å². The van der Waals surface area contributed by atoms with E-state index >= 15 is 0 Å². The number of hydrogen-bond donors (Lipinski definition) is 2. The normalized spacial score (nSPS) is 11.3. The molecular formula is C20H30N4O4. The number of aromatic nitrogens is 2. The smallest absolute Gasteiger partial charge is 0.356 e. The number of esters is 1. The van der Waals surface area contributed by atoms with Gasteiger partial charge in [0, 0.05) is 31.5 Å². The number of fused-ring (bicyclic) bond motifs is 1. The first-order valence-electron chi connectivity index (χ1n) is 9.44. The van der Waals surface area contributed by atoms with E-state index in [-0.39, 0.29) is 23.6 Å². The molecule has 0 aromatic carbocycles. The number of nitrogens with one attached hydrogen (secondary N) is 2. The predicted molar refractivity (Wildman–Crippen MR) is 110 cm³/mol. The van der Waals surface area contributed by atoms with Crippen molar-refractivity contribution in [3.63, 3.8) is 0 Å². The van der Waals surface area contributed by atoms with Gasteiger partial charge in [0.15, 0.2) is 5.69 Å². The topological polar surface area (TPSA) is 94.5 Å². The lowest BCUT2D eigenvalue weighted by atomic mass is 10.1. The lowest BCUT2D eigenvalue weighted by Gasteiger charge is -2.11. The summed E-state index contributed by atoms with van der Waals surface area (Å²) < 4.78 is 11.9. The van der Waals surface area contributed by atoms with E-state index in [0.29, 0.717) is 36.3 Å². The van der Waals surface area contributed by atoms with Gasteiger partial charge in [0.1, 0.15) is 5.65 Å². The van der Waals surface area contributed by atoms with Crippen LogP contribution in [0.2, 0.25) is 0 Å². The molecule has 28 heavy (non-hydrogen) atoms. The summed E-state index contributed by atoms with van der Waals surface area (Å²) in [4.78, 5) is 29.6. The molecule has 2 aromatic rings. The van der Waals surface area contributed by atoms with Gasteiger partial charge in [0.05, 0.1) is 31.3 Å². The maximum absolute atomic E-state index is 12.6. The molecule has 0 aliphatic heterocycles. The number of carbonyl (C=O) groups is 2. The number of hydrogen-bond acceptors (Lipinski definition) is 6. The lowest BCUT2D eigenvalue weighted by Crippen LogP contribution is -2.19. The molecule has 0 atom stereocenters. The Morgan fingerprint density at radius 1 is 1.21 bits per heavy atom. The second kappa shape index (κ2) is 9.54. The Balaban J connectivity index is 2.66. The average molecular weight is 390 g/mol. The van der Waals surface area contributed by atoms with E-state index in [4.69, 9.17) is 9.47 Å². The van der Waals surface area contributed by atoms with Crippen LogP contribution in [-0.4, -0.2) is 48.3 Å². The zero-order chi connectivity index (χ0) is 20.8. The Morgan fingerprint density at radius 2 is 1.93 bits per heavy atom. The van der Waals surface area contributed by atoms with Gasteiger partial charge in [-0.15, -0.1) is 0 Å². The van der Waals surface area contributed by atoms with Gasteiger partial charge in [0.2, 0.25) is 5.91 Å². The number of methoxy groups -OCH3 is 2. The molecular weight excluding hydrogens is 360 g/mol. The molecule has 0 aliphatic rings. The zero-order valence-electron chi connectivity index (χ0n) is 17.5. The van der Waals surface area contributed by atoms with E-state index in [1.807, 2.05) is 33.8 Å². The molecule has 0 unspecified atom stereocenters. The summed E-state index contributed by atoms with van der Waals surface area (Å²) in [5.74, 6) is -0.500. The molecule has 154 valence electrons. The van der Waals surface area contributed by atoms with E-state index in [9.17, 15) is 9.59 Å². The Morgan fingerprint density at radius 3 is 2.50 bits per heavy atom. The van der Waals surface area contributed by atoms with Crippen molar-refractivity contribution in [3.8, 4) is 0 Å². The number of rotatable bonds is 9. The molecule has 0 bridgehead atoms. The Hall–Kier alpha value is -2.61. The fraction of sp³-hybridized carbons (Fsp3) is 0.550. The minimum Gasteiger partial charge on any atom is -0.464 e. The summed E-state index contributed by atoms with van der Waals surface area (Å²) in [7, 11) is 2.91. The predicted octanol–water partition coefficient (Wildman–Crippen LogP) is 3.27. The third-order valence-electron chi connectivity index (χ3n) is 4.11. The summed E-state index contributed by atoms with van der Waals surface area (Å²) in [5.41, 5.74) is 2.08. The zero-order valence-corrected chi connectivity index (χ0v) is 17.5. The molecule has 2 N–H and O–H groups in total. The van der Waals surface area contributed by atoms with Gasteiger partial charge >= 0.3 is 5.97 Å². The molecule has 0 spiro atoms. The van der Waals surface area contributed by atoms with Crippen LogP contribution in [-0.2, 0) is 20.8 Å². The first-order chi connectivity index (χ1) is 13.3. The number of nitrogens with zero attached hydrogens (tertiary/aromatic N) is 2. The van der Waals surface area contributed by atoms with E-state index in [1.165, 1.54) is 7.11 Å². The second-order valence-corrected chi connectivity index (χ2v) is 7.40. The molecule has 0 saturated heterocycles. The van der Waals surface area contributed by atoms with Crippen molar-refractivity contribution in [2.75, 3.05) is 31.5 Å². The van der Waals surface area contributed by atoms with Crippen LogP contribution in [0, 0.1) is 5.92 Å². The van der Waals surface area contributed by atoms with Crippen molar-refractivity contribution in [2.45, 2.75) is 46.7 Å². The minimum atomic E-state index is -0.535. The van der Waals surface area contributed by atoms with Gasteiger partial charge in [0.25, 0.3) is 0 Å². The maximum Gasteiger partial charge on any atom is 0.356 e. The van der Waals surface area contributed by atoms with E-state index in [0.717, 1.165) is 5.69 Å². The Bertz CT molecular complexity index is 842. The summed E-state index contributed by atoms with van der Waals surface area (Å²) in [6.07, 6.45) is 2.06. The molecule has 8 heteroatoms. The van der Waals surface area contributed by atoms with Crippen molar-refractivity contribution in [2.24, 2.45) is 5.92 Å². The third kappa shape index (κ3) is 5.01. The van der Waals surface area contributed by atoms with Crippen LogP contribution < -0.4 is 10.6 Å². The first kappa shape index (κ1) is 21.7. The van der Waals surface area contributed by atoms with Gasteiger partial charge in [-0.05, 0) is 25.8 Å². The van der Waals surface area contributed by atoms with Crippen LogP contribution in [0.1, 0.15) is 44.6 Å². The lowest BCUT2D eigenvalue weighted by molar-refractivity contribution is -0.116. The van der Waals surface area contributed by atoms with Crippen molar-refractivity contribution >= 4 is 34.3 Å². The van der Waals surface area contributed by atoms with Crippen LogP contribution >= 0.6 is 0 Å². The highest BCUT2D eigenvalue weighted by Gasteiger charge is 2.26. The molecule has 1 amide bonds. The summed E-state index contributed by atoms with van der Waals surface area (Å²) in [6.45, 7) is 8.78. The number of pyridine rings is 1. The highest BCUT2D eigenvalue weighted by atomic mass is 16.5. The van der Waals surface area contributed by atoms with Crippen molar-refractivity contribution in [3.05, 3.63) is 18.0 Å². The fourth-order valence-corrected chi connectivity index (χ4v) is 3.03. The molecule has 0 fully saturated rings. The molecule has 0 radical (unpaired) electrons. The van der Waals surface area contributed by atoms with Crippen LogP contribution in [0.5, 0.6) is 0 Å². The van der Waals surface area contributed by atoms with Gasteiger partial charge < -0.3 is 24.7 Å². The van der Waals surface area contributed by atoms with E-state index < -0.39 is 5.97 Å². The van der Waals surface area contributed by atoms with Crippen LogP contribution in [0.15, 0.2) is 12.3 Å². The van der Waals surface area contributed by atoms with Crippen LogP contribution in [0.4, 0.5) is 11.4 Å². The Kier molecular flexibility index (Phi) is 7.39. The van der Waals surface area contributed by atoms with Gasteiger partial charge in [-0.2, -0.15) is 0 Å². The molecule has 0 saturated carbocycles. The van der Waals surface area contributed by atoms with Gasteiger partial charge in [-0.1, -0.05) is 13.8 Å². The molecule has 0 aliphatic carbocycles. The van der Waals surface area contributed by atoms with Crippen LogP contribution in [0.3, 0.4) is 0 Å². The SMILES string of the molecule is COCCn1c(C(=O)OC)c(NC(=O)CC(C)C)c2cc(NC(C)C)cnc21. The average Bonchev–Trinajstić information content (AvgIpc) is 2.91. The van der Waals surface area contributed by atoms with E-state index in [1.54, 1.807) is 17.9 Å². The number of amides is 1. The van der Waals surface area contributed by atoms with Crippen molar-refractivity contribution in [1.29, 1.82) is 0 Å². The summed E-state index contributed by atoms with van der Waals surface area (Å²) in [5, 5.41) is 6.89. The molecule has 2 aromatic heterocycles. The standard InChI is InChI=1S/C20H30N4O4/c1-12(2)9-16(25)23-17-15-10-14(22-13(3)4)11-21-19(15)24(7-8-27-5)18(17)20(26)28-6/h10-13,22H,7-9H2,1-6H3,(H,23,25). The maximum atomic E-state index is 12.6. The van der Waals surface area contributed by atoms with Crippen molar-refractivity contribution in [1.82, 2.24) is 9.55 Å². The van der Waals surface area contributed by atoms with Crippen LogP contribution in [0.25, 0.3) is 11.0 Å². The molecule has 8 nitrogen and oxygen atoms in total.